The van der Waals surface area contributed by atoms with Crippen LogP contribution in [0.15, 0.2) is 18.2 Å². The minimum atomic E-state index is 0. The van der Waals surface area contributed by atoms with Crippen LogP contribution in [0.3, 0.4) is 0 Å². The second-order valence-corrected chi connectivity index (χ2v) is 1.00. The van der Waals surface area contributed by atoms with E-state index in [4.69, 9.17) is 0 Å². The Kier molecular flexibility index (Phi) is 81.5. The molecule has 0 aromatic carbocycles. The van der Waals surface area contributed by atoms with Gasteiger partial charge in [0.1, 0.15) is 0 Å². The molecule has 0 unspecified atom stereocenters. The van der Waals surface area contributed by atoms with Crippen LogP contribution < -0.4 is 0 Å². The van der Waals surface area contributed by atoms with Crippen molar-refractivity contribution >= 4 is 31.7 Å². The van der Waals surface area contributed by atoms with Crippen molar-refractivity contribution in [2.24, 2.45) is 0 Å². The SMILES string of the molecule is Cl.Cl.[C-]1=CC=CC1.[CH3-].[CH3-].[SiH2]=[Zr]. The van der Waals surface area contributed by atoms with Gasteiger partial charge in [-0.25, -0.2) is 12.2 Å². The van der Waals surface area contributed by atoms with Crippen molar-refractivity contribution in [1.82, 2.24) is 0 Å². The molecule has 0 aromatic heterocycles. The molecule has 0 nitrogen and oxygen atoms in total. The van der Waals surface area contributed by atoms with Crippen LogP contribution in [0.1, 0.15) is 6.42 Å². The summed E-state index contributed by atoms with van der Waals surface area (Å²) in [4.78, 5) is 0. The Balaban J connectivity index is -0.0000000189. The fraction of sp³-hybridized carbons (Fsp3) is 0.143. The van der Waals surface area contributed by atoms with E-state index in [1.807, 2.05) is 19.0 Å². The summed E-state index contributed by atoms with van der Waals surface area (Å²) in [5.74, 6) is 0. The summed E-state index contributed by atoms with van der Waals surface area (Å²) in [7, 11) is 0. The minimum absolute atomic E-state index is 0. The van der Waals surface area contributed by atoms with Crippen molar-refractivity contribution in [2.75, 3.05) is 0 Å². The summed E-state index contributed by atoms with van der Waals surface area (Å²) in [5.41, 5.74) is 0. The van der Waals surface area contributed by atoms with Crippen LogP contribution in [0.2, 0.25) is 0 Å². The van der Waals surface area contributed by atoms with Crippen LogP contribution in [0, 0.1) is 20.9 Å². The number of hydrogen-bond donors (Lipinski definition) is 0. The third-order valence-electron chi connectivity index (χ3n) is 0.586. The number of rotatable bonds is 0. The molecule has 0 saturated heterocycles. The molecule has 0 N–H and O–H groups in total. The van der Waals surface area contributed by atoms with Gasteiger partial charge in [0.15, 0.2) is 0 Å². The zero-order valence-corrected chi connectivity index (χ0v) is 12.5. The first-order valence-electron chi connectivity index (χ1n) is 2.07. The van der Waals surface area contributed by atoms with Crippen LogP contribution in [0.4, 0.5) is 0 Å². The average Bonchev–Trinajstić information content (AvgIpc) is 2.23. The zero-order chi connectivity index (χ0) is 5.54. The van der Waals surface area contributed by atoms with Crippen molar-refractivity contribution in [3.63, 3.8) is 0 Å². The maximum atomic E-state index is 2.99. The van der Waals surface area contributed by atoms with E-state index in [-0.39, 0.29) is 39.7 Å². The van der Waals surface area contributed by atoms with Gasteiger partial charge in [-0.1, -0.05) is 0 Å². The summed E-state index contributed by atoms with van der Waals surface area (Å²) in [6.45, 7) is 1.95. The van der Waals surface area contributed by atoms with E-state index in [0.29, 0.717) is 0 Å². The van der Waals surface area contributed by atoms with E-state index >= 15 is 0 Å². The molecule has 1 aliphatic rings. The molecule has 0 aliphatic heterocycles. The maximum absolute atomic E-state index is 2.99. The predicted octanol–water partition coefficient (Wildman–Crippen LogP) is 2.13. The number of halogens is 2. The Morgan fingerprint density at radius 2 is 1.64 bits per heavy atom. The molecule has 1 aliphatic carbocycles. The molecule has 0 bridgehead atoms. The fourth-order valence-corrected chi connectivity index (χ4v) is 0.340. The number of allylic oxidation sites excluding steroid dienone is 4. The molecule has 0 fully saturated rings. The van der Waals surface area contributed by atoms with Gasteiger partial charge < -0.3 is 14.9 Å². The van der Waals surface area contributed by atoms with Crippen molar-refractivity contribution in [3.8, 4) is 0 Å². The quantitative estimate of drug-likeness (QED) is 0.473. The van der Waals surface area contributed by atoms with E-state index in [2.05, 4.69) is 12.2 Å². The molecule has 0 aromatic rings. The van der Waals surface area contributed by atoms with E-state index in [0.717, 1.165) is 6.42 Å². The summed E-state index contributed by atoms with van der Waals surface area (Å²) in [6, 6.07) is 0. The van der Waals surface area contributed by atoms with E-state index in [9.17, 15) is 0 Å². The van der Waals surface area contributed by atoms with Crippen molar-refractivity contribution in [3.05, 3.63) is 39.2 Å². The molecule has 1 rings (SSSR count). The van der Waals surface area contributed by atoms with Crippen molar-refractivity contribution in [1.29, 1.82) is 0 Å². The molecule has 0 spiro atoms. The molecule has 0 amide bonds. The predicted molar refractivity (Wildman–Crippen MR) is 57.4 cm³/mol. The van der Waals surface area contributed by atoms with E-state index < -0.39 is 0 Å². The Labute approximate surface area is 99.9 Å². The molecule has 11 heavy (non-hydrogen) atoms. The van der Waals surface area contributed by atoms with Gasteiger partial charge in [-0.2, -0.15) is 6.08 Å². The van der Waals surface area contributed by atoms with Gasteiger partial charge in [0.05, 0.1) is 0 Å². The monoisotopic (exact) mass is 287 g/mol. The summed E-state index contributed by atoms with van der Waals surface area (Å²) in [5, 5.41) is 0. The Morgan fingerprint density at radius 3 is 1.73 bits per heavy atom. The average molecular weight is 289 g/mol. The van der Waals surface area contributed by atoms with Crippen LogP contribution in [0.5, 0.6) is 0 Å². The molecular formula is C7H15Cl2SiZr-3. The second kappa shape index (κ2) is 30.4. The first-order valence-corrected chi connectivity index (χ1v) is 7.99. The Bertz CT molecular complexity index is 84.4. The van der Waals surface area contributed by atoms with Crippen LogP contribution in [-0.2, 0) is 23.3 Å². The van der Waals surface area contributed by atoms with Crippen molar-refractivity contribution < 1.29 is 23.3 Å². The third-order valence-corrected chi connectivity index (χ3v) is 0.586. The van der Waals surface area contributed by atoms with E-state index in [1.165, 1.54) is 0 Å². The summed E-state index contributed by atoms with van der Waals surface area (Å²) in [6.07, 6.45) is 10.0. The van der Waals surface area contributed by atoms with Gasteiger partial charge in [0.2, 0.25) is 0 Å². The zero-order valence-electron chi connectivity index (χ0n) is 6.96. The topological polar surface area (TPSA) is 0 Å². The van der Waals surface area contributed by atoms with Crippen LogP contribution >= 0.6 is 24.8 Å². The van der Waals surface area contributed by atoms with Crippen molar-refractivity contribution in [2.45, 2.75) is 6.42 Å². The van der Waals surface area contributed by atoms with Gasteiger partial charge in [-0.15, -0.1) is 31.2 Å². The molecule has 4 heteroatoms. The molecular weight excluding hydrogens is 274 g/mol. The Morgan fingerprint density at radius 1 is 1.18 bits per heavy atom. The normalized spacial score (nSPS) is 8.27. The molecule has 0 atom stereocenters. The van der Waals surface area contributed by atoms with Crippen LogP contribution in [0.25, 0.3) is 0 Å². The number of hydrogen-bond acceptors (Lipinski definition) is 0. The molecule has 0 heterocycles. The Hall–Kier alpha value is 1.16. The summed E-state index contributed by atoms with van der Waals surface area (Å²) >= 11 is 1.58. The van der Waals surface area contributed by atoms with Gasteiger partial charge in [0.25, 0.3) is 0 Å². The standard InChI is InChI=1S/C5H5.2CH3.2ClH.H2Si.Zr/c1-2-4-5-3-1;;;;;;/h1-3H,4H2;2*1H3;2*1H;1H2;/q3*-1;;;;. The summed E-state index contributed by atoms with van der Waals surface area (Å²) < 4.78 is 0. The first kappa shape index (κ1) is 29.5. The first-order chi connectivity index (χ1) is 3.50. The van der Waals surface area contributed by atoms with Gasteiger partial charge in [-0.3, -0.25) is 6.08 Å². The molecule has 0 saturated carbocycles. The second-order valence-electron chi connectivity index (χ2n) is 1.00. The van der Waals surface area contributed by atoms with Gasteiger partial charge in [-0.05, 0) is 0 Å². The third kappa shape index (κ3) is 24.7. The molecule has 0 radical (unpaired) electrons. The van der Waals surface area contributed by atoms with Gasteiger partial charge >= 0.3 is 30.2 Å². The van der Waals surface area contributed by atoms with Gasteiger partial charge in [0, 0.05) is 0 Å². The van der Waals surface area contributed by atoms with E-state index in [1.54, 1.807) is 23.3 Å². The van der Waals surface area contributed by atoms with Crippen LogP contribution in [-0.4, -0.2) is 6.88 Å². The fourth-order valence-electron chi connectivity index (χ4n) is 0.340. The molecule has 68 valence electrons.